The van der Waals surface area contributed by atoms with Gasteiger partial charge in [0.1, 0.15) is 11.5 Å². The summed E-state index contributed by atoms with van der Waals surface area (Å²) in [6.45, 7) is 0. The van der Waals surface area contributed by atoms with Gasteiger partial charge in [-0.3, -0.25) is 13.9 Å². The van der Waals surface area contributed by atoms with Crippen LogP contribution in [0.5, 0.6) is 0 Å². The summed E-state index contributed by atoms with van der Waals surface area (Å²) in [5.74, 6) is 0.487. The molecule has 0 aliphatic rings. The first-order valence-electron chi connectivity index (χ1n) is 4.20. The van der Waals surface area contributed by atoms with Crippen LogP contribution in [0.15, 0.2) is 9.59 Å². The van der Waals surface area contributed by atoms with Gasteiger partial charge in [0.15, 0.2) is 0 Å². The van der Waals surface area contributed by atoms with E-state index in [1.54, 1.807) is 21.1 Å². The number of hydrogen-bond acceptors (Lipinski definition) is 4. The van der Waals surface area contributed by atoms with Crippen molar-refractivity contribution >= 4 is 11.5 Å². The van der Waals surface area contributed by atoms with Crippen molar-refractivity contribution in [1.29, 1.82) is 0 Å². The van der Waals surface area contributed by atoms with Crippen LogP contribution in [0.3, 0.4) is 0 Å². The average molecular weight is 198 g/mol. The van der Waals surface area contributed by atoms with Crippen LogP contribution in [0.25, 0.3) is 0 Å². The highest BCUT2D eigenvalue weighted by Gasteiger charge is 2.12. The summed E-state index contributed by atoms with van der Waals surface area (Å²) in [4.78, 5) is 23.1. The predicted molar refractivity (Wildman–Crippen MR) is 56.0 cm³/mol. The minimum Gasteiger partial charge on any atom is -0.381 e. The number of rotatable bonds is 2. The van der Waals surface area contributed by atoms with E-state index in [0.717, 1.165) is 4.57 Å². The molecule has 0 saturated carbocycles. The highest BCUT2D eigenvalue weighted by molar-refractivity contribution is 5.62. The summed E-state index contributed by atoms with van der Waals surface area (Å²) in [5, 5.41) is 5.58. The SMILES string of the molecule is CNc1c(NC)n(C)c(=O)n(C)c1=O. The van der Waals surface area contributed by atoms with E-state index in [1.165, 1.54) is 11.6 Å². The van der Waals surface area contributed by atoms with Crippen LogP contribution in [0.4, 0.5) is 11.5 Å². The lowest BCUT2D eigenvalue weighted by atomic mass is 10.4. The van der Waals surface area contributed by atoms with Gasteiger partial charge in [-0.25, -0.2) is 4.79 Å². The maximum absolute atomic E-state index is 11.6. The highest BCUT2D eigenvalue weighted by atomic mass is 16.2. The predicted octanol–water partition coefficient (Wildman–Crippen LogP) is -0.833. The molecule has 78 valence electrons. The zero-order chi connectivity index (χ0) is 10.9. The van der Waals surface area contributed by atoms with Gasteiger partial charge >= 0.3 is 5.69 Å². The van der Waals surface area contributed by atoms with Crippen molar-refractivity contribution in [1.82, 2.24) is 9.13 Å². The largest absolute Gasteiger partial charge is 0.381 e. The van der Waals surface area contributed by atoms with Crippen LogP contribution >= 0.6 is 0 Å². The Morgan fingerprint density at radius 1 is 1.00 bits per heavy atom. The molecule has 0 fully saturated rings. The van der Waals surface area contributed by atoms with E-state index in [4.69, 9.17) is 0 Å². The van der Waals surface area contributed by atoms with Gasteiger partial charge in [-0.1, -0.05) is 0 Å². The minimum atomic E-state index is -0.349. The Bertz CT molecular complexity index is 458. The number of hydrogen-bond donors (Lipinski definition) is 2. The Balaban J connectivity index is 3.75. The maximum Gasteiger partial charge on any atom is 0.332 e. The van der Waals surface area contributed by atoms with Crippen LogP contribution in [-0.2, 0) is 14.1 Å². The normalized spacial score (nSPS) is 10.0. The van der Waals surface area contributed by atoms with Gasteiger partial charge in [0.05, 0.1) is 0 Å². The molecule has 0 unspecified atom stereocenters. The second-order valence-corrected chi connectivity index (χ2v) is 2.93. The first-order valence-corrected chi connectivity index (χ1v) is 4.20. The number of anilines is 2. The summed E-state index contributed by atoms with van der Waals surface area (Å²) in [6, 6.07) is 0. The van der Waals surface area contributed by atoms with Crippen molar-refractivity contribution in [2.24, 2.45) is 14.1 Å². The molecular formula is C8H14N4O2. The standard InChI is InChI=1S/C8H14N4O2/c1-9-5-6(10-2)11(3)8(14)12(4)7(5)13/h9-10H,1-4H3. The second kappa shape index (κ2) is 3.57. The summed E-state index contributed by atoms with van der Waals surface area (Å²) in [5.41, 5.74) is -0.296. The molecule has 0 saturated heterocycles. The van der Waals surface area contributed by atoms with Gasteiger partial charge < -0.3 is 10.6 Å². The van der Waals surface area contributed by atoms with Crippen LogP contribution in [0.1, 0.15) is 0 Å². The van der Waals surface area contributed by atoms with E-state index in [1.807, 2.05) is 0 Å². The third-order valence-electron chi connectivity index (χ3n) is 2.15. The topological polar surface area (TPSA) is 68.1 Å². The molecule has 0 bridgehead atoms. The lowest BCUT2D eigenvalue weighted by molar-refractivity contribution is 0.694. The molecule has 1 aromatic rings. The molecule has 0 radical (unpaired) electrons. The minimum absolute atomic E-state index is 0.333. The third-order valence-corrected chi connectivity index (χ3v) is 2.15. The third kappa shape index (κ3) is 1.28. The van der Waals surface area contributed by atoms with E-state index in [9.17, 15) is 9.59 Å². The Morgan fingerprint density at radius 2 is 1.57 bits per heavy atom. The Labute approximate surface area is 81.2 Å². The highest BCUT2D eigenvalue weighted by Crippen LogP contribution is 2.11. The Hall–Kier alpha value is -1.72. The van der Waals surface area contributed by atoms with Crippen LogP contribution in [-0.4, -0.2) is 23.2 Å². The second-order valence-electron chi connectivity index (χ2n) is 2.93. The summed E-state index contributed by atoms with van der Waals surface area (Å²) < 4.78 is 2.44. The van der Waals surface area contributed by atoms with Gasteiger partial charge in [-0.15, -0.1) is 0 Å². The van der Waals surface area contributed by atoms with Gasteiger partial charge in [-0.2, -0.15) is 0 Å². The molecule has 2 N–H and O–H groups in total. The molecule has 0 aliphatic carbocycles. The van der Waals surface area contributed by atoms with Gasteiger partial charge in [-0.05, 0) is 0 Å². The van der Waals surface area contributed by atoms with Crippen molar-refractivity contribution in [2.75, 3.05) is 24.7 Å². The van der Waals surface area contributed by atoms with Gasteiger partial charge in [0, 0.05) is 28.2 Å². The molecule has 6 nitrogen and oxygen atoms in total. The van der Waals surface area contributed by atoms with Gasteiger partial charge in [0.25, 0.3) is 5.56 Å². The van der Waals surface area contributed by atoms with E-state index in [0.29, 0.717) is 11.5 Å². The lowest BCUT2D eigenvalue weighted by Crippen LogP contribution is -2.39. The van der Waals surface area contributed by atoms with Crippen molar-refractivity contribution in [3.63, 3.8) is 0 Å². The zero-order valence-electron chi connectivity index (χ0n) is 8.71. The van der Waals surface area contributed by atoms with E-state index >= 15 is 0 Å². The number of nitrogens with one attached hydrogen (secondary N) is 2. The molecule has 6 heteroatoms. The summed E-state index contributed by atoms with van der Waals surface area (Å²) in [6.07, 6.45) is 0. The maximum atomic E-state index is 11.6. The fourth-order valence-electron chi connectivity index (χ4n) is 1.36. The molecule has 1 heterocycles. The number of aromatic nitrogens is 2. The van der Waals surface area contributed by atoms with E-state index in [2.05, 4.69) is 10.6 Å². The monoisotopic (exact) mass is 198 g/mol. The molecule has 0 amide bonds. The fourth-order valence-corrected chi connectivity index (χ4v) is 1.36. The van der Waals surface area contributed by atoms with E-state index in [-0.39, 0.29) is 11.2 Å². The quantitative estimate of drug-likeness (QED) is 0.650. The lowest BCUT2D eigenvalue weighted by Gasteiger charge is -2.13. The van der Waals surface area contributed by atoms with E-state index < -0.39 is 0 Å². The van der Waals surface area contributed by atoms with Crippen molar-refractivity contribution < 1.29 is 0 Å². The molecule has 0 aromatic carbocycles. The van der Waals surface area contributed by atoms with Crippen LogP contribution < -0.4 is 21.9 Å². The van der Waals surface area contributed by atoms with Crippen molar-refractivity contribution in [2.45, 2.75) is 0 Å². The van der Waals surface area contributed by atoms with Gasteiger partial charge in [0.2, 0.25) is 0 Å². The van der Waals surface area contributed by atoms with Crippen molar-refractivity contribution in [3.8, 4) is 0 Å². The summed E-state index contributed by atoms with van der Waals surface area (Å²) >= 11 is 0. The molecule has 0 spiro atoms. The Morgan fingerprint density at radius 3 is 2.00 bits per heavy atom. The molecule has 0 aliphatic heterocycles. The Kier molecular flexibility index (Phi) is 2.64. The molecule has 1 rings (SSSR count). The number of nitrogens with zero attached hydrogens (tertiary/aromatic N) is 2. The van der Waals surface area contributed by atoms with Crippen LogP contribution in [0, 0.1) is 0 Å². The molecule has 1 aromatic heterocycles. The smallest absolute Gasteiger partial charge is 0.332 e. The first kappa shape index (κ1) is 10.4. The summed E-state index contributed by atoms with van der Waals surface area (Å²) in [7, 11) is 6.36. The van der Waals surface area contributed by atoms with Crippen LogP contribution in [0.2, 0.25) is 0 Å². The fraction of sp³-hybridized carbons (Fsp3) is 0.500. The first-order chi connectivity index (χ1) is 6.54. The average Bonchev–Trinajstić information content (AvgIpc) is 2.20. The molecular weight excluding hydrogens is 184 g/mol. The zero-order valence-corrected chi connectivity index (χ0v) is 8.71. The van der Waals surface area contributed by atoms with Crippen molar-refractivity contribution in [3.05, 3.63) is 20.8 Å². The molecule has 14 heavy (non-hydrogen) atoms. The molecule has 0 atom stereocenters.